The molecule has 0 bridgehead atoms. The molecule has 1 aliphatic heterocycles. The summed E-state index contributed by atoms with van der Waals surface area (Å²) in [6.45, 7) is 5.33. The quantitative estimate of drug-likeness (QED) is 0.525. The van der Waals surface area contributed by atoms with Crippen molar-refractivity contribution in [2.75, 3.05) is 13.2 Å². The molecule has 0 aromatic carbocycles. The molecule has 1 fully saturated rings. The molecule has 0 aromatic rings. The van der Waals surface area contributed by atoms with Crippen LogP contribution in [0.25, 0.3) is 0 Å². The van der Waals surface area contributed by atoms with Crippen LogP contribution in [-0.2, 0) is 9.47 Å². The average molecular weight is 229 g/mol. The molecule has 5 heteroatoms. The van der Waals surface area contributed by atoms with Crippen molar-refractivity contribution in [3.8, 4) is 0 Å². The molecule has 16 heavy (non-hydrogen) atoms. The summed E-state index contributed by atoms with van der Waals surface area (Å²) in [5, 5.41) is 0. The lowest BCUT2D eigenvalue weighted by Crippen LogP contribution is -2.31. The lowest BCUT2D eigenvalue weighted by molar-refractivity contribution is -0.176. The van der Waals surface area contributed by atoms with Crippen molar-refractivity contribution < 1.29 is 9.47 Å². The highest BCUT2D eigenvalue weighted by atomic mass is 16.7. The second-order valence-electron chi connectivity index (χ2n) is 4.23. The fraction of sp³-hybridized carbons (Fsp3) is 0.909. The second-order valence-corrected chi connectivity index (χ2v) is 4.23. The maximum atomic E-state index is 5.94. The minimum Gasteiger partial charge on any atom is -0.370 e. The predicted molar refractivity (Wildman–Crippen MR) is 64.0 cm³/mol. The second kappa shape index (κ2) is 6.06. The standard InChI is InChI=1S/C11H23N3O2/c1-3-5-11(6-4-2)15-8-9(16-11)7-14-10(12)13/h9H,3-8H2,1-2H3,(H4,12,13,14). The number of hydrogen-bond donors (Lipinski definition) is 2. The maximum absolute atomic E-state index is 5.94. The minimum absolute atomic E-state index is 0.0137. The zero-order chi connectivity index (χ0) is 12.0. The van der Waals surface area contributed by atoms with Crippen LogP contribution in [-0.4, -0.2) is 31.0 Å². The Kier molecular flexibility index (Phi) is 5.02. The van der Waals surface area contributed by atoms with E-state index in [1.54, 1.807) is 0 Å². The summed E-state index contributed by atoms with van der Waals surface area (Å²) in [5.74, 6) is -0.292. The van der Waals surface area contributed by atoms with Crippen molar-refractivity contribution in [3.63, 3.8) is 0 Å². The van der Waals surface area contributed by atoms with Crippen molar-refractivity contribution in [3.05, 3.63) is 0 Å². The number of guanidine groups is 1. The van der Waals surface area contributed by atoms with Crippen LogP contribution in [0.2, 0.25) is 0 Å². The van der Waals surface area contributed by atoms with Gasteiger partial charge in [0.15, 0.2) is 11.7 Å². The molecular formula is C11H23N3O2. The summed E-state index contributed by atoms with van der Waals surface area (Å²) >= 11 is 0. The van der Waals surface area contributed by atoms with E-state index in [0.29, 0.717) is 13.2 Å². The Morgan fingerprint density at radius 1 is 1.31 bits per heavy atom. The van der Waals surface area contributed by atoms with E-state index in [2.05, 4.69) is 18.8 Å². The van der Waals surface area contributed by atoms with E-state index < -0.39 is 5.79 Å². The van der Waals surface area contributed by atoms with E-state index in [4.69, 9.17) is 20.9 Å². The molecule has 1 atom stereocenters. The summed E-state index contributed by atoms with van der Waals surface area (Å²) in [6.07, 6.45) is 3.95. The topological polar surface area (TPSA) is 82.9 Å². The molecule has 94 valence electrons. The Morgan fingerprint density at radius 3 is 2.44 bits per heavy atom. The smallest absolute Gasteiger partial charge is 0.186 e. The van der Waals surface area contributed by atoms with E-state index in [-0.39, 0.29) is 12.1 Å². The van der Waals surface area contributed by atoms with E-state index in [0.717, 1.165) is 25.7 Å². The molecule has 0 radical (unpaired) electrons. The molecule has 4 N–H and O–H groups in total. The van der Waals surface area contributed by atoms with Gasteiger partial charge in [-0.1, -0.05) is 26.7 Å². The third-order valence-electron chi connectivity index (χ3n) is 2.65. The van der Waals surface area contributed by atoms with Crippen molar-refractivity contribution >= 4 is 5.96 Å². The predicted octanol–water partition coefficient (Wildman–Crippen LogP) is 0.972. The van der Waals surface area contributed by atoms with Gasteiger partial charge >= 0.3 is 0 Å². The summed E-state index contributed by atoms with van der Waals surface area (Å²) in [6, 6.07) is 0. The van der Waals surface area contributed by atoms with Gasteiger partial charge < -0.3 is 20.9 Å². The first-order valence-corrected chi connectivity index (χ1v) is 5.99. The monoisotopic (exact) mass is 229 g/mol. The summed E-state index contributed by atoms with van der Waals surface area (Å²) < 4.78 is 11.7. The number of nitrogens with zero attached hydrogens (tertiary/aromatic N) is 1. The van der Waals surface area contributed by atoms with E-state index >= 15 is 0 Å². The van der Waals surface area contributed by atoms with Gasteiger partial charge in [-0.15, -0.1) is 0 Å². The van der Waals surface area contributed by atoms with Gasteiger partial charge in [0.05, 0.1) is 13.2 Å². The summed E-state index contributed by atoms with van der Waals surface area (Å²) in [4.78, 5) is 3.96. The first kappa shape index (κ1) is 13.3. The SMILES string of the molecule is CCCC1(CCC)OCC(CN=C(N)N)O1. The highest BCUT2D eigenvalue weighted by molar-refractivity contribution is 5.75. The van der Waals surface area contributed by atoms with Gasteiger partial charge in [-0.2, -0.15) is 0 Å². The van der Waals surface area contributed by atoms with Crippen molar-refractivity contribution in [1.82, 2.24) is 0 Å². The van der Waals surface area contributed by atoms with Crippen LogP contribution >= 0.6 is 0 Å². The first-order valence-electron chi connectivity index (χ1n) is 5.99. The lowest BCUT2D eigenvalue weighted by atomic mass is 10.1. The molecule has 0 spiro atoms. The Labute approximate surface area is 97.2 Å². The first-order chi connectivity index (χ1) is 7.62. The van der Waals surface area contributed by atoms with Gasteiger partial charge in [-0.05, 0) is 0 Å². The van der Waals surface area contributed by atoms with E-state index in [1.165, 1.54) is 0 Å². The lowest BCUT2D eigenvalue weighted by Gasteiger charge is -2.27. The van der Waals surface area contributed by atoms with Crippen LogP contribution in [0.15, 0.2) is 4.99 Å². The highest BCUT2D eigenvalue weighted by Crippen LogP contribution is 2.32. The molecule has 1 aliphatic rings. The number of nitrogens with two attached hydrogens (primary N) is 2. The fourth-order valence-corrected chi connectivity index (χ4v) is 2.06. The van der Waals surface area contributed by atoms with Crippen molar-refractivity contribution in [2.24, 2.45) is 16.5 Å². The van der Waals surface area contributed by atoms with Crippen molar-refractivity contribution in [2.45, 2.75) is 51.4 Å². The number of ether oxygens (including phenoxy) is 2. The third kappa shape index (κ3) is 3.64. The molecule has 1 saturated heterocycles. The normalized spacial score (nSPS) is 23.2. The van der Waals surface area contributed by atoms with Crippen LogP contribution in [0.4, 0.5) is 0 Å². The maximum Gasteiger partial charge on any atom is 0.186 e. The van der Waals surface area contributed by atoms with Crippen molar-refractivity contribution in [1.29, 1.82) is 0 Å². The molecular weight excluding hydrogens is 206 g/mol. The summed E-state index contributed by atoms with van der Waals surface area (Å²) in [7, 11) is 0. The third-order valence-corrected chi connectivity index (χ3v) is 2.65. The fourth-order valence-electron chi connectivity index (χ4n) is 2.06. The molecule has 0 saturated carbocycles. The zero-order valence-electron chi connectivity index (χ0n) is 10.2. The van der Waals surface area contributed by atoms with E-state index in [1.807, 2.05) is 0 Å². The van der Waals surface area contributed by atoms with Gasteiger partial charge in [-0.25, -0.2) is 0 Å². The van der Waals surface area contributed by atoms with Crippen LogP contribution in [0, 0.1) is 0 Å². The summed E-state index contributed by atoms with van der Waals surface area (Å²) in [5.41, 5.74) is 10.6. The van der Waals surface area contributed by atoms with Gasteiger partial charge in [0.2, 0.25) is 0 Å². The molecule has 0 aromatic heterocycles. The Bertz CT molecular complexity index is 233. The molecule has 1 rings (SSSR count). The molecule has 1 heterocycles. The van der Waals surface area contributed by atoms with Gasteiger partial charge in [0, 0.05) is 12.8 Å². The van der Waals surface area contributed by atoms with Crippen LogP contribution in [0.3, 0.4) is 0 Å². The van der Waals surface area contributed by atoms with Crippen LogP contribution < -0.4 is 11.5 Å². The number of aliphatic imine (C=N–C) groups is 1. The Hall–Kier alpha value is -0.810. The molecule has 1 unspecified atom stereocenters. The zero-order valence-corrected chi connectivity index (χ0v) is 10.2. The number of hydrogen-bond acceptors (Lipinski definition) is 3. The Balaban J connectivity index is 2.49. The molecule has 0 aliphatic carbocycles. The molecule has 5 nitrogen and oxygen atoms in total. The van der Waals surface area contributed by atoms with Gasteiger partial charge in [0.25, 0.3) is 0 Å². The van der Waals surface area contributed by atoms with E-state index in [9.17, 15) is 0 Å². The number of rotatable bonds is 6. The van der Waals surface area contributed by atoms with Gasteiger partial charge in [0.1, 0.15) is 6.10 Å². The average Bonchev–Trinajstić information content (AvgIpc) is 2.60. The Morgan fingerprint density at radius 2 is 1.94 bits per heavy atom. The van der Waals surface area contributed by atoms with Crippen LogP contribution in [0.5, 0.6) is 0 Å². The molecule has 0 amide bonds. The minimum atomic E-state index is -0.396. The van der Waals surface area contributed by atoms with Crippen LogP contribution in [0.1, 0.15) is 39.5 Å². The highest BCUT2D eigenvalue weighted by Gasteiger charge is 2.39. The van der Waals surface area contributed by atoms with Gasteiger partial charge in [-0.3, -0.25) is 4.99 Å². The largest absolute Gasteiger partial charge is 0.370 e.